The first-order valence-electron chi connectivity index (χ1n) is 30.4. The van der Waals surface area contributed by atoms with Crippen LogP contribution in [0.3, 0.4) is 0 Å². The van der Waals surface area contributed by atoms with Crippen LogP contribution in [-0.4, -0.2) is 146 Å². The summed E-state index contributed by atoms with van der Waals surface area (Å²) in [5.41, 5.74) is 2.22. The normalized spacial score (nSPS) is 36.2. The Morgan fingerprint density at radius 1 is 0.707 bits per heavy atom. The molecule has 0 aliphatic carbocycles. The zero-order valence-corrected chi connectivity index (χ0v) is 52.0. The van der Waals surface area contributed by atoms with Crippen molar-refractivity contribution in [2.24, 2.45) is 11.8 Å². The van der Waals surface area contributed by atoms with Gasteiger partial charge in [0.2, 0.25) is 0 Å². The number of hydrogen-bond donors (Lipinski definition) is 2. The molecule has 6 fully saturated rings. The van der Waals surface area contributed by atoms with E-state index < -0.39 is 49.1 Å². The van der Waals surface area contributed by atoms with Gasteiger partial charge in [-0.2, -0.15) is 0 Å². The van der Waals surface area contributed by atoms with Crippen molar-refractivity contribution in [3.63, 3.8) is 0 Å². The van der Waals surface area contributed by atoms with Crippen LogP contribution in [-0.2, 0) is 46.4 Å². The molecule has 6 aliphatic heterocycles. The molecule has 0 saturated carbocycles. The number of ether oxygens (including phenoxy) is 7. The maximum Gasteiger partial charge on any atom is 0.192 e. The molecule has 0 aromatic carbocycles. The minimum absolute atomic E-state index is 0.0240. The van der Waals surface area contributed by atoms with E-state index >= 15 is 0 Å². The second-order valence-corrected chi connectivity index (χ2v) is 38.1. The van der Waals surface area contributed by atoms with E-state index in [2.05, 4.69) is 95.6 Å². The van der Waals surface area contributed by atoms with Gasteiger partial charge in [-0.05, 0) is 123 Å². The third kappa shape index (κ3) is 15.2. The second-order valence-electron chi connectivity index (χ2n) is 23.9. The van der Waals surface area contributed by atoms with E-state index in [9.17, 15) is 10.2 Å². The SMILES string of the molecule is C=CCC(O)CC1C(CC2OC(CCC3OC(CC[C@]45CC(O)C(O4)[C@H]4CC(O5)C(O[Si](CC)(CC)CC)C(CC=C)O4)CC3=C)CC(C)C2=C)O[C@H](CC(CO[Si](CC)(CC)CC)O[Si](CC)(CC)CC)[C@@H]1OC. The van der Waals surface area contributed by atoms with Crippen LogP contribution in [0, 0.1) is 11.8 Å². The van der Waals surface area contributed by atoms with Gasteiger partial charge >= 0.3 is 0 Å². The molecule has 0 aromatic rings. The number of aliphatic hydroxyl groups excluding tert-OH is 2. The molecule has 0 aromatic heterocycles. The third-order valence-corrected chi connectivity index (χ3v) is 33.8. The Bertz CT molecular complexity index is 1770. The average molecular weight is 1110 g/mol. The Labute approximate surface area is 459 Å². The van der Waals surface area contributed by atoms with E-state index in [0.29, 0.717) is 58.0 Å². The zero-order chi connectivity index (χ0) is 54.7. The summed E-state index contributed by atoms with van der Waals surface area (Å²) < 4.78 is 69.6. The largest absolute Gasteiger partial charge is 0.414 e. The summed E-state index contributed by atoms with van der Waals surface area (Å²) >= 11 is 0. The smallest absolute Gasteiger partial charge is 0.192 e. The van der Waals surface area contributed by atoms with Crippen LogP contribution in [0.1, 0.15) is 153 Å². The summed E-state index contributed by atoms with van der Waals surface area (Å²) in [4.78, 5) is 0. The molecule has 2 N–H and O–H groups in total. The van der Waals surface area contributed by atoms with Crippen LogP contribution < -0.4 is 0 Å². The Morgan fingerprint density at radius 2 is 1.36 bits per heavy atom. The molecule has 0 amide bonds. The summed E-state index contributed by atoms with van der Waals surface area (Å²) in [6.45, 7) is 40.5. The summed E-state index contributed by atoms with van der Waals surface area (Å²) in [5.74, 6) is -0.711. The number of rotatable bonds is 33. The van der Waals surface area contributed by atoms with Crippen molar-refractivity contribution >= 4 is 25.0 Å². The van der Waals surface area contributed by atoms with Crippen LogP contribution in [0.25, 0.3) is 0 Å². The molecule has 432 valence electrons. The second kappa shape index (κ2) is 28.7. The van der Waals surface area contributed by atoms with Crippen LogP contribution in [0.4, 0.5) is 0 Å². The first-order valence-corrected chi connectivity index (χ1v) is 38.0. The predicted octanol–water partition coefficient (Wildman–Crippen LogP) is 12.9. The maximum atomic E-state index is 11.4. The van der Waals surface area contributed by atoms with Crippen molar-refractivity contribution in [1.82, 2.24) is 0 Å². The van der Waals surface area contributed by atoms with Gasteiger partial charge in [0.15, 0.2) is 30.7 Å². The van der Waals surface area contributed by atoms with E-state index in [4.69, 9.17) is 46.4 Å². The lowest BCUT2D eigenvalue weighted by atomic mass is 9.81. The molecule has 18 atom stereocenters. The van der Waals surface area contributed by atoms with Gasteiger partial charge in [-0.25, -0.2) is 0 Å². The van der Waals surface area contributed by atoms with E-state index in [1.54, 1.807) is 13.2 Å². The lowest BCUT2D eigenvalue weighted by Gasteiger charge is -2.47. The molecule has 6 heterocycles. The summed E-state index contributed by atoms with van der Waals surface area (Å²) in [6, 6.07) is 9.61. The highest BCUT2D eigenvalue weighted by atomic mass is 28.4. The molecule has 0 radical (unpaired) electrons. The Morgan fingerprint density at radius 3 is 1.97 bits per heavy atom. The average Bonchev–Trinajstić information content (AvgIpc) is 4.02. The molecule has 4 bridgehead atoms. The van der Waals surface area contributed by atoms with E-state index in [1.165, 1.54) is 0 Å². The van der Waals surface area contributed by atoms with Crippen LogP contribution in [0.5, 0.6) is 0 Å². The fourth-order valence-electron chi connectivity index (χ4n) is 14.2. The predicted molar refractivity (Wildman–Crippen MR) is 309 cm³/mol. The highest BCUT2D eigenvalue weighted by Gasteiger charge is 2.59. The van der Waals surface area contributed by atoms with Gasteiger partial charge in [-0.15, -0.1) is 13.2 Å². The lowest BCUT2D eigenvalue weighted by molar-refractivity contribution is -0.256. The molecular formula is C60H108O12Si3. The fraction of sp³-hybridized carbons (Fsp3) is 0.867. The quantitative estimate of drug-likeness (QED) is 0.0479. The monoisotopic (exact) mass is 1100 g/mol. The van der Waals surface area contributed by atoms with E-state index in [1.807, 2.05) is 6.08 Å². The standard InChI is InChI=1S/C60H108O12Si3/c1-16-27-44(61)35-48-53(68-54(57(48)63-15)36-47(71-74(21-6,22-7)23-8)40-64-73(18-3,19-4)20-5)37-52-43(14)41(12)33-45(66-52)29-30-50-42(13)34-46(65-50)31-32-60-39-49(62)58(70-60)55-38-56(69-60)59(51(67-55)28-17-2)72-75(24-9,25-10)26-11/h16-17,41,44-59,61-62H,1-2,13-14,18-40H2,3-12,15H3/t41?,44?,45?,46?,47?,48?,49?,50?,51?,52?,53?,54-,55-,56?,57-,58?,59?,60-/m1/s1. The Hall–Kier alpha value is -0.869. The Kier molecular flexibility index (Phi) is 24.2. The van der Waals surface area contributed by atoms with Crippen molar-refractivity contribution in [3.8, 4) is 0 Å². The molecule has 15 heteroatoms. The molecule has 12 nitrogen and oxygen atoms in total. The van der Waals surface area contributed by atoms with Crippen molar-refractivity contribution in [1.29, 1.82) is 0 Å². The number of aliphatic hydroxyl groups is 2. The van der Waals surface area contributed by atoms with Gasteiger partial charge < -0.3 is 56.6 Å². The number of hydrogen-bond acceptors (Lipinski definition) is 12. The molecule has 6 aliphatic rings. The van der Waals surface area contributed by atoms with Gasteiger partial charge in [0.1, 0.15) is 6.10 Å². The van der Waals surface area contributed by atoms with Gasteiger partial charge in [-0.3, -0.25) is 0 Å². The maximum absolute atomic E-state index is 11.4. The molecule has 6 rings (SSSR count). The topological polar surface area (TPSA) is 133 Å². The summed E-state index contributed by atoms with van der Waals surface area (Å²) in [5, 5.41) is 22.7. The first-order chi connectivity index (χ1) is 35.9. The van der Waals surface area contributed by atoms with Crippen LogP contribution in [0.15, 0.2) is 49.6 Å². The molecule has 75 heavy (non-hydrogen) atoms. The molecular weight excluding hydrogens is 997 g/mol. The molecule has 14 unspecified atom stereocenters. The minimum atomic E-state index is -2.00. The summed E-state index contributed by atoms with van der Waals surface area (Å²) in [7, 11) is -4.08. The van der Waals surface area contributed by atoms with Crippen molar-refractivity contribution in [2.75, 3.05) is 13.7 Å². The van der Waals surface area contributed by atoms with E-state index in [0.717, 1.165) is 97.6 Å². The third-order valence-electron chi connectivity index (χ3n) is 19.8. The molecule has 6 saturated heterocycles. The van der Waals surface area contributed by atoms with Crippen LogP contribution in [0.2, 0.25) is 54.4 Å². The summed E-state index contributed by atoms with van der Waals surface area (Å²) in [6.07, 6.45) is 8.94. The van der Waals surface area contributed by atoms with Gasteiger partial charge in [0, 0.05) is 45.1 Å². The first kappa shape index (κ1) is 63.3. The molecule has 0 spiro atoms. The van der Waals surface area contributed by atoms with Crippen molar-refractivity contribution in [3.05, 3.63) is 49.6 Å². The van der Waals surface area contributed by atoms with Gasteiger partial charge in [0.25, 0.3) is 0 Å². The van der Waals surface area contributed by atoms with Crippen molar-refractivity contribution < 1.29 is 56.6 Å². The number of fused-ring (bicyclic) bond motifs is 5. The van der Waals surface area contributed by atoms with Crippen molar-refractivity contribution in [2.45, 2.75) is 304 Å². The van der Waals surface area contributed by atoms with Crippen LogP contribution >= 0.6 is 0 Å². The van der Waals surface area contributed by atoms with Gasteiger partial charge in [-0.1, -0.05) is 94.5 Å². The minimum Gasteiger partial charge on any atom is -0.414 e. The highest BCUT2D eigenvalue weighted by Crippen LogP contribution is 2.49. The van der Waals surface area contributed by atoms with Gasteiger partial charge in [0.05, 0.1) is 92.1 Å². The van der Waals surface area contributed by atoms with E-state index in [-0.39, 0.29) is 85.1 Å². The number of methoxy groups -OCH3 is 1. The Balaban J connectivity index is 1.10. The highest BCUT2D eigenvalue weighted by molar-refractivity contribution is 6.74. The fourth-order valence-corrected chi connectivity index (χ4v) is 22.6. The zero-order valence-electron chi connectivity index (χ0n) is 49.0. The lowest BCUT2D eigenvalue weighted by Crippen LogP contribution is -2.58.